The third-order valence-corrected chi connectivity index (χ3v) is 4.41. The maximum Gasteiger partial charge on any atom is 0.227 e. The second kappa shape index (κ2) is 7.83. The molecule has 0 radical (unpaired) electrons. The SMILES string of the molecule is Cn1cc(-c2cnc(Nc3ccccc3)nc2CCc2ccccc2)cn1. The molecule has 0 aliphatic rings. The summed E-state index contributed by atoms with van der Waals surface area (Å²) in [7, 11) is 1.92. The lowest BCUT2D eigenvalue weighted by molar-refractivity contribution is 0.768. The molecule has 0 bridgehead atoms. The number of rotatable bonds is 6. The van der Waals surface area contributed by atoms with Crippen LogP contribution in [0.25, 0.3) is 11.1 Å². The second-order valence-electron chi connectivity index (χ2n) is 6.43. The molecule has 0 aliphatic carbocycles. The van der Waals surface area contributed by atoms with Gasteiger partial charge in [-0.05, 0) is 30.5 Å². The summed E-state index contributed by atoms with van der Waals surface area (Å²) in [6.07, 6.45) is 7.50. The van der Waals surface area contributed by atoms with Gasteiger partial charge in [0.05, 0.1) is 11.9 Å². The molecular formula is C22H21N5. The molecule has 0 atom stereocenters. The fourth-order valence-electron chi connectivity index (χ4n) is 3.03. The first kappa shape index (κ1) is 17.0. The van der Waals surface area contributed by atoms with Gasteiger partial charge < -0.3 is 5.32 Å². The molecule has 5 nitrogen and oxygen atoms in total. The fourth-order valence-corrected chi connectivity index (χ4v) is 3.03. The zero-order valence-electron chi connectivity index (χ0n) is 15.2. The van der Waals surface area contributed by atoms with E-state index in [0.717, 1.165) is 35.3 Å². The fraction of sp³-hybridized carbons (Fsp3) is 0.136. The normalized spacial score (nSPS) is 10.7. The standard InChI is InChI=1S/C22H21N5/c1-27-16-18(14-24-27)20-15-23-22(25-19-10-6-3-7-11-19)26-21(20)13-12-17-8-4-2-5-9-17/h2-11,14-16H,12-13H2,1H3,(H,23,25,26). The number of aryl methyl sites for hydroxylation is 3. The molecule has 1 N–H and O–H groups in total. The van der Waals surface area contributed by atoms with E-state index in [1.165, 1.54) is 5.56 Å². The molecule has 2 heterocycles. The van der Waals surface area contributed by atoms with Crippen LogP contribution in [0.2, 0.25) is 0 Å². The average Bonchev–Trinajstić information content (AvgIpc) is 3.14. The molecule has 2 aromatic carbocycles. The molecule has 5 heteroatoms. The van der Waals surface area contributed by atoms with Crippen LogP contribution in [-0.4, -0.2) is 19.7 Å². The highest BCUT2D eigenvalue weighted by atomic mass is 15.2. The lowest BCUT2D eigenvalue weighted by Crippen LogP contribution is -2.04. The van der Waals surface area contributed by atoms with E-state index in [1.54, 1.807) is 4.68 Å². The Morgan fingerprint density at radius 2 is 1.63 bits per heavy atom. The van der Waals surface area contributed by atoms with E-state index >= 15 is 0 Å². The van der Waals surface area contributed by atoms with Crippen molar-refractivity contribution >= 4 is 11.6 Å². The van der Waals surface area contributed by atoms with Gasteiger partial charge in [-0.25, -0.2) is 9.97 Å². The quantitative estimate of drug-likeness (QED) is 0.557. The summed E-state index contributed by atoms with van der Waals surface area (Å²) in [6, 6.07) is 20.4. The molecule has 0 saturated heterocycles. The number of hydrogen-bond donors (Lipinski definition) is 1. The van der Waals surface area contributed by atoms with Gasteiger partial charge in [0.2, 0.25) is 5.95 Å². The third kappa shape index (κ3) is 4.20. The monoisotopic (exact) mass is 355 g/mol. The van der Waals surface area contributed by atoms with Crippen molar-refractivity contribution in [2.45, 2.75) is 12.8 Å². The third-order valence-electron chi connectivity index (χ3n) is 4.41. The summed E-state index contributed by atoms with van der Waals surface area (Å²) in [5, 5.41) is 7.57. The lowest BCUT2D eigenvalue weighted by Gasteiger charge is -2.11. The Morgan fingerprint density at radius 3 is 2.33 bits per heavy atom. The number of aromatic nitrogens is 4. The Kier molecular flexibility index (Phi) is 4.92. The molecule has 27 heavy (non-hydrogen) atoms. The molecule has 2 aromatic heterocycles. The van der Waals surface area contributed by atoms with Crippen LogP contribution in [0, 0.1) is 0 Å². The highest BCUT2D eigenvalue weighted by Crippen LogP contribution is 2.24. The summed E-state index contributed by atoms with van der Waals surface area (Å²) in [5.41, 5.74) is 5.34. The van der Waals surface area contributed by atoms with Gasteiger partial charge in [0.25, 0.3) is 0 Å². The first-order valence-corrected chi connectivity index (χ1v) is 8.99. The minimum atomic E-state index is 0.608. The Labute approximate surface area is 158 Å². The van der Waals surface area contributed by atoms with Gasteiger partial charge >= 0.3 is 0 Å². The van der Waals surface area contributed by atoms with Crippen molar-refractivity contribution in [1.82, 2.24) is 19.7 Å². The van der Waals surface area contributed by atoms with E-state index in [2.05, 4.69) is 39.7 Å². The van der Waals surface area contributed by atoms with E-state index in [0.29, 0.717) is 5.95 Å². The summed E-state index contributed by atoms with van der Waals surface area (Å²) in [5.74, 6) is 0.608. The zero-order chi connectivity index (χ0) is 18.5. The van der Waals surface area contributed by atoms with E-state index in [1.807, 2.05) is 62.0 Å². The van der Waals surface area contributed by atoms with E-state index in [9.17, 15) is 0 Å². The Balaban J connectivity index is 1.64. The predicted octanol–water partition coefficient (Wildman–Crippen LogP) is 4.41. The van der Waals surface area contributed by atoms with Gasteiger partial charge in [0, 0.05) is 36.3 Å². The highest BCUT2D eigenvalue weighted by Gasteiger charge is 2.12. The van der Waals surface area contributed by atoms with Crippen molar-refractivity contribution in [3.63, 3.8) is 0 Å². The summed E-state index contributed by atoms with van der Waals surface area (Å²) < 4.78 is 1.80. The predicted molar refractivity (Wildman–Crippen MR) is 108 cm³/mol. The largest absolute Gasteiger partial charge is 0.324 e. The van der Waals surface area contributed by atoms with Crippen molar-refractivity contribution in [2.24, 2.45) is 7.05 Å². The molecule has 134 valence electrons. The van der Waals surface area contributed by atoms with Crippen LogP contribution < -0.4 is 5.32 Å². The average molecular weight is 355 g/mol. The molecule has 0 saturated carbocycles. The van der Waals surface area contributed by atoms with Crippen LogP contribution in [0.4, 0.5) is 11.6 Å². The minimum Gasteiger partial charge on any atom is -0.324 e. The lowest BCUT2D eigenvalue weighted by atomic mass is 10.0. The van der Waals surface area contributed by atoms with Crippen LogP contribution >= 0.6 is 0 Å². The van der Waals surface area contributed by atoms with Gasteiger partial charge in [-0.15, -0.1) is 0 Å². The number of nitrogens with one attached hydrogen (secondary N) is 1. The molecule has 0 unspecified atom stereocenters. The van der Waals surface area contributed by atoms with E-state index < -0.39 is 0 Å². The Morgan fingerprint density at radius 1 is 0.889 bits per heavy atom. The van der Waals surface area contributed by atoms with Gasteiger partial charge in [-0.2, -0.15) is 5.10 Å². The molecular weight excluding hydrogens is 334 g/mol. The van der Waals surface area contributed by atoms with Crippen molar-refractivity contribution in [2.75, 3.05) is 5.32 Å². The molecule has 0 amide bonds. The second-order valence-corrected chi connectivity index (χ2v) is 6.43. The first-order chi connectivity index (χ1) is 13.3. The number of para-hydroxylation sites is 1. The smallest absolute Gasteiger partial charge is 0.227 e. The topological polar surface area (TPSA) is 55.6 Å². The molecule has 0 spiro atoms. The van der Waals surface area contributed by atoms with Crippen LogP contribution in [0.1, 0.15) is 11.3 Å². The zero-order valence-corrected chi connectivity index (χ0v) is 15.2. The van der Waals surface area contributed by atoms with Gasteiger partial charge in [-0.1, -0.05) is 48.5 Å². The number of anilines is 2. The van der Waals surface area contributed by atoms with E-state index in [4.69, 9.17) is 4.98 Å². The van der Waals surface area contributed by atoms with Crippen LogP contribution in [0.3, 0.4) is 0 Å². The van der Waals surface area contributed by atoms with E-state index in [-0.39, 0.29) is 0 Å². The number of nitrogens with zero attached hydrogens (tertiary/aromatic N) is 4. The minimum absolute atomic E-state index is 0.608. The van der Waals surface area contributed by atoms with Crippen molar-refractivity contribution in [1.29, 1.82) is 0 Å². The summed E-state index contributed by atoms with van der Waals surface area (Å²) >= 11 is 0. The molecule has 0 aliphatic heterocycles. The first-order valence-electron chi connectivity index (χ1n) is 8.99. The van der Waals surface area contributed by atoms with Gasteiger partial charge in [0.15, 0.2) is 0 Å². The molecule has 4 aromatic rings. The van der Waals surface area contributed by atoms with Crippen molar-refractivity contribution in [3.05, 3.63) is 90.5 Å². The Hall–Kier alpha value is -3.47. The number of hydrogen-bond acceptors (Lipinski definition) is 4. The van der Waals surface area contributed by atoms with Crippen molar-refractivity contribution < 1.29 is 0 Å². The molecule has 0 fully saturated rings. The van der Waals surface area contributed by atoms with Crippen LogP contribution in [0.15, 0.2) is 79.3 Å². The number of benzene rings is 2. The van der Waals surface area contributed by atoms with Crippen LogP contribution in [0.5, 0.6) is 0 Å². The molecule has 4 rings (SSSR count). The van der Waals surface area contributed by atoms with Gasteiger partial charge in [-0.3, -0.25) is 4.68 Å². The van der Waals surface area contributed by atoms with Gasteiger partial charge in [0.1, 0.15) is 0 Å². The highest BCUT2D eigenvalue weighted by molar-refractivity contribution is 5.65. The maximum absolute atomic E-state index is 4.81. The van der Waals surface area contributed by atoms with Crippen LogP contribution in [-0.2, 0) is 19.9 Å². The summed E-state index contributed by atoms with van der Waals surface area (Å²) in [6.45, 7) is 0. The maximum atomic E-state index is 4.81. The summed E-state index contributed by atoms with van der Waals surface area (Å²) in [4.78, 5) is 9.33. The Bertz CT molecular complexity index is 1010. The van der Waals surface area contributed by atoms with Crippen molar-refractivity contribution in [3.8, 4) is 11.1 Å².